The van der Waals surface area contributed by atoms with Crippen molar-refractivity contribution in [2.75, 3.05) is 0 Å². The van der Waals surface area contributed by atoms with Gasteiger partial charge in [-0.15, -0.1) is 11.3 Å². The molecule has 0 aliphatic heterocycles. The van der Waals surface area contributed by atoms with Gasteiger partial charge in [-0.1, -0.05) is 164 Å². The van der Waals surface area contributed by atoms with Gasteiger partial charge >= 0.3 is 0 Å². The molecule has 0 spiro atoms. The molecule has 0 bridgehead atoms. The Morgan fingerprint density at radius 2 is 0.735 bits per heavy atom. The fourth-order valence-electron chi connectivity index (χ4n) is 6.45. The molecule has 0 aliphatic rings. The fraction of sp³-hybridized carbons (Fsp3) is 0. The van der Waals surface area contributed by atoms with Crippen LogP contribution in [0.2, 0.25) is 0 Å². The van der Waals surface area contributed by atoms with Gasteiger partial charge in [0.05, 0.1) is 0 Å². The molecule has 0 unspecified atom stereocenters. The van der Waals surface area contributed by atoms with E-state index in [0.29, 0.717) is 17.5 Å². The smallest absolute Gasteiger partial charge is 0.164 e. The van der Waals surface area contributed by atoms with Gasteiger partial charge in [0.2, 0.25) is 0 Å². The largest absolute Gasteiger partial charge is 0.208 e. The van der Waals surface area contributed by atoms with Crippen molar-refractivity contribution in [1.82, 2.24) is 15.0 Å². The first kappa shape index (κ1) is 29.0. The Morgan fingerprint density at radius 1 is 0.306 bits per heavy atom. The summed E-state index contributed by atoms with van der Waals surface area (Å²) in [6, 6.07) is 61.5. The van der Waals surface area contributed by atoms with E-state index in [-0.39, 0.29) is 0 Å². The van der Waals surface area contributed by atoms with Crippen molar-refractivity contribution in [3.63, 3.8) is 0 Å². The average molecular weight is 644 g/mol. The number of hydrogen-bond donors (Lipinski definition) is 0. The summed E-state index contributed by atoms with van der Waals surface area (Å²) in [5.41, 5.74) is 9.83. The molecule has 0 saturated carbocycles. The fourth-order valence-corrected chi connectivity index (χ4v) is 7.69. The Bertz CT molecular complexity index is 2470. The van der Waals surface area contributed by atoms with Crippen LogP contribution in [0.15, 0.2) is 176 Å². The Kier molecular flexibility index (Phi) is 7.34. The van der Waals surface area contributed by atoms with Gasteiger partial charge in [0, 0.05) is 36.9 Å². The van der Waals surface area contributed by atoms with Crippen LogP contribution >= 0.6 is 11.3 Å². The minimum atomic E-state index is 0.642. The number of rotatable bonds is 6. The quantitative estimate of drug-likeness (QED) is 0.181. The van der Waals surface area contributed by atoms with Gasteiger partial charge in [-0.05, 0) is 45.5 Å². The number of hydrogen-bond acceptors (Lipinski definition) is 4. The van der Waals surface area contributed by atoms with Crippen molar-refractivity contribution in [3.05, 3.63) is 176 Å². The summed E-state index contributed by atoms with van der Waals surface area (Å²) in [6.45, 7) is 0. The molecule has 4 heteroatoms. The highest BCUT2D eigenvalue weighted by atomic mass is 32.1. The predicted octanol–water partition coefficient (Wildman–Crippen LogP) is 12.2. The SMILES string of the molecule is c1ccc(-c2ccc(-c3nc(-c4ccc(-c5ccccc5)cc4)nc(-c4cccc(-c5cccc6c5sc5ccccc56)c4)n3)cc2)cc1. The monoisotopic (exact) mass is 643 g/mol. The van der Waals surface area contributed by atoms with Crippen molar-refractivity contribution < 1.29 is 0 Å². The maximum absolute atomic E-state index is 5.08. The summed E-state index contributed by atoms with van der Waals surface area (Å²) in [4.78, 5) is 15.2. The molecule has 49 heavy (non-hydrogen) atoms. The van der Waals surface area contributed by atoms with Gasteiger partial charge in [-0.3, -0.25) is 0 Å². The van der Waals surface area contributed by atoms with Gasteiger partial charge in [0.15, 0.2) is 17.5 Å². The molecule has 2 aromatic heterocycles. The van der Waals surface area contributed by atoms with E-state index in [0.717, 1.165) is 33.4 Å². The molecule has 7 aromatic carbocycles. The maximum Gasteiger partial charge on any atom is 0.164 e. The van der Waals surface area contributed by atoms with Gasteiger partial charge in [-0.25, -0.2) is 15.0 Å². The zero-order valence-corrected chi connectivity index (χ0v) is 27.3. The summed E-state index contributed by atoms with van der Waals surface area (Å²) in [5, 5.41) is 2.58. The summed E-state index contributed by atoms with van der Waals surface area (Å²) in [7, 11) is 0. The van der Waals surface area contributed by atoms with E-state index in [1.807, 2.05) is 23.5 Å². The van der Waals surface area contributed by atoms with Crippen molar-refractivity contribution in [2.24, 2.45) is 0 Å². The highest BCUT2D eigenvalue weighted by Crippen LogP contribution is 2.40. The lowest BCUT2D eigenvalue weighted by Gasteiger charge is -2.11. The van der Waals surface area contributed by atoms with Crippen LogP contribution in [-0.2, 0) is 0 Å². The summed E-state index contributed by atoms with van der Waals surface area (Å²) in [6.07, 6.45) is 0. The first-order chi connectivity index (χ1) is 24.3. The van der Waals surface area contributed by atoms with Crippen LogP contribution in [0.5, 0.6) is 0 Å². The lowest BCUT2D eigenvalue weighted by atomic mass is 10.0. The van der Waals surface area contributed by atoms with Gasteiger partial charge in [0.1, 0.15) is 0 Å². The molecule has 0 radical (unpaired) electrons. The lowest BCUT2D eigenvalue weighted by Crippen LogP contribution is -2.00. The van der Waals surface area contributed by atoms with Crippen LogP contribution in [-0.4, -0.2) is 15.0 Å². The Labute approximate surface area is 288 Å². The highest BCUT2D eigenvalue weighted by Gasteiger charge is 2.15. The Hall–Kier alpha value is -6.23. The van der Waals surface area contributed by atoms with E-state index < -0.39 is 0 Å². The minimum absolute atomic E-state index is 0.642. The maximum atomic E-state index is 5.08. The third-order valence-corrected chi connectivity index (χ3v) is 10.2. The molecule has 0 fully saturated rings. The third kappa shape index (κ3) is 5.58. The standard InChI is InChI=1S/C45H29N3S/c1-3-11-30(12-4-1)32-21-25-34(26-22-32)43-46-44(35-27-23-33(24-28-35)31-13-5-2-6-14-31)48-45(47-43)37-16-9-15-36(29-37)38-18-10-19-40-39-17-7-8-20-41(39)49-42(38)40/h1-29H. The van der Waals surface area contributed by atoms with Crippen LogP contribution in [0, 0.1) is 0 Å². The molecule has 0 atom stereocenters. The van der Waals surface area contributed by atoms with E-state index in [4.69, 9.17) is 15.0 Å². The molecular weight excluding hydrogens is 615 g/mol. The van der Waals surface area contributed by atoms with E-state index in [2.05, 4.69) is 164 Å². The molecule has 9 rings (SSSR count). The Balaban J connectivity index is 1.16. The average Bonchev–Trinajstić information content (AvgIpc) is 3.58. The molecule has 3 nitrogen and oxygen atoms in total. The lowest BCUT2D eigenvalue weighted by molar-refractivity contribution is 1.07. The topological polar surface area (TPSA) is 38.7 Å². The van der Waals surface area contributed by atoms with E-state index in [1.165, 1.54) is 36.9 Å². The van der Waals surface area contributed by atoms with Crippen LogP contribution in [0.3, 0.4) is 0 Å². The molecule has 9 aromatic rings. The van der Waals surface area contributed by atoms with Crippen molar-refractivity contribution in [1.29, 1.82) is 0 Å². The van der Waals surface area contributed by atoms with E-state index >= 15 is 0 Å². The number of fused-ring (bicyclic) bond motifs is 3. The summed E-state index contributed by atoms with van der Waals surface area (Å²) in [5.74, 6) is 1.93. The van der Waals surface area contributed by atoms with E-state index in [9.17, 15) is 0 Å². The van der Waals surface area contributed by atoms with E-state index in [1.54, 1.807) is 0 Å². The Morgan fingerprint density at radius 3 is 1.35 bits per heavy atom. The molecule has 0 N–H and O–H groups in total. The second kappa shape index (κ2) is 12.4. The predicted molar refractivity (Wildman–Crippen MR) is 205 cm³/mol. The van der Waals surface area contributed by atoms with Gasteiger partial charge in [-0.2, -0.15) is 0 Å². The normalized spacial score (nSPS) is 11.3. The number of aromatic nitrogens is 3. The highest BCUT2D eigenvalue weighted by molar-refractivity contribution is 7.26. The molecule has 230 valence electrons. The summed E-state index contributed by atoms with van der Waals surface area (Å²) < 4.78 is 2.58. The summed E-state index contributed by atoms with van der Waals surface area (Å²) >= 11 is 1.84. The van der Waals surface area contributed by atoms with Crippen molar-refractivity contribution in [2.45, 2.75) is 0 Å². The molecular formula is C45H29N3S. The van der Waals surface area contributed by atoms with Gasteiger partial charge < -0.3 is 0 Å². The van der Waals surface area contributed by atoms with Crippen LogP contribution in [0.4, 0.5) is 0 Å². The number of nitrogens with zero attached hydrogens (tertiary/aromatic N) is 3. The number of benzene rings is 7. The zero-order valence-electron chi connectivity index (χ0n) is 26.5. The van der Waals surface area contributed by atoms with Crippen LogP contribution in [0.1, 0.15) is 0 Å². The molecule has 0 saturated heterocycles. The first-order valence-corrected chi connectivity index (χ1v) is 17.2. The first-order valence-electron chi connectivity index (χ1n) is 16.4. The second-order valence-electron chi connectivity index (χ2n) is 12.1. The zero-order chi connectivity index (χ0) is 32.6. The van der Waals surface area contributed by atoms with Gasteiger partial charge in [0.25, 0.3) is 0 Å². The second-order valence-corrected chi connectivity index (χ2v) is 13.1. The number of thiophene rings is 1. The molecule has 2 heterocycles. The molecule has 0 amide bonds. The molecule has 0 aliphatic carbocycles. The van der Waals surface area contributed by atoms with Crippen molar-refractivity contribution in [3.8, 4) is 67.5 Å². The van der Waals surface area contributed by atoms with Crippen LogP contribution in [0.25, 0.3) is 87.7 Å². The minimum Gasteiger partial charge on any atom is -0.208 e. The van der Waals surface area contributed by atoms with Crippen LogP contribution < -0.4 is 0 Å². The third-order valence-electron chi connectivity index (χ3n) is 8.97. The van der Waals surface area contributed by atoms with Crippen molar-refractivity contribution >= 4 is 31.5 Å².